The zero-order valence-corrected chi connectivity index (χ0v) is 23.7. The Morgan fingerprint density at radius 2 is 1.82 bits per heavy atom. The molecule has 2 aromatic rings. The van der Waals surface area contributed by atoms with Crippen LogP contribution in [0.3, 0.4) is 0 Å². The van der Waals surface area contributed by atoms with Gasteiger partial charge >= 0.3 is 0 Å². The summed E-state index contributed by atoms with van der Waals surface area (Å²) in [6.45, 7) is 3.73. The van der Waals surface area contributed by atoms with E-state index in [0.717, 1.165) is 32.1 Å². The zero-order chi connectivity index (χ0) is 28.2. The monoisotopic (exact) mass is 557 g/mol. The maximum absolute atomic E-state index is 13.7. The maximum atomic E-state index is 13.7. The number of ether oxygens (including phenoxy) is 1. The standard InChI is InChI=1S/C29H39N3O6S/c1-20-17-32(21(2)19-33)29(35)24-15-10-16-25(30-28(34)22-11-6-4-7-12-22)27(24)38-26(20)18-31(3)39(36,37)23-13-8-5-9-14-23/h5,8-10,13-16,20-22,26,33H,4,6-7,11-12,17-19H2,1-3H3,(H,30,34)/t20-,21+,26+/m0/s1. The fourth-order valence-electron chi connectivity index (χ4n) is 5.28. The molecule has 39 heavy (non-hydrogen) atoms. The summed E-state index contributed by atoms with van der Waals surface area (Å²) in [7, 11) is -2.28. The van der Waals surface area contributed by atoms with Crippen LogP contribution < -0.4 is 10.1 Å². The minimum absolute atomic E-state index is 0.0261. The molecule has 1 heterocycles. The molecule has 2 aliphatic rings. The smallest absolute Gasteiger partial charge is 0.258 e. The Labute approximate surface area is 231 Å². The van der Waals surface area contributed by atoms with E-state index >= 15 is 0 Å². The van der Waals surface area contributed by atoms with Gasteiger partial charge in [0, 0.05) is 25.4 Å². The maximum Gasteiger partial charge on any atom is 0.258 e. The third-order valence-electron chi connectivity index (χ3n) is 7.81. The number of nitrogens with zero attached hydrogens (tertiary/aromatic N) is 2. The highest BCUT2D eigenvalue weighted by Gasteiger charge is 2.36. The molecule has 9 nitrogen and oxygen atoms in total. The lowest BCUT2D eigenvalue weighted by molar-refractivity contribution is -0.120. The molecule has 1 aliphatic carbocycles. The second-order valence-electron chi connectivity index (χ2n) is 10.7. The lowest BCUT2D eigenvalue weighted by Crippen LogP contribution is -2.50. The minimum atomic E-state index is -3.79. The quantitative estimate of drug-likeness (QED) is 0.511. The number of hydrogen-bond donors (Lipinski definition) is 2. The number of aliphatic hydroxyl groups is 1. The first-order valence-corrected chi connectivity index (χ1v) is 15.1. The molecular weight excluding hydrogens is 518 g/mol. The number of para-hydroxylation sites is 1. The summed E-state index contributed by atoms with van der Waals surface area (Å²) >= 11 is 0. The highest BCUT2D eigenvalue weighted by atomic mass is 32.2. The Hall–Kier alpha value is -2.95. The van der Waals surface area contributed by atoms with E-state index in [1.165, 1.54) is 11.4 Å². The number of sulfonamides is 1. The topological polar surface area (TPSA) is 116 Å². The Bertz CT molecular complexity index is 1260. The molecule has 4 rings (SSSR count). The number of fused-ring (bicyclic) bond motifs is 1. The van der Waals surface area contributed by atoms with Gasteiger partial charge in [0.05, 0.1) is 35.3 Å². The van der Waals surface area contributed by atoms with E-state index in [1.807, 2.05) is 6.92 Å². The summed E-state index contributed by atoms with van der Waals surface area (Å²) in [5, 5.41) is 12.9. The molecule has 3 atom stereocenters. The Balaban J connectivity index is 1.69. The molecule has 2 amide bonds. The average Bonchev–Trinajstić information content (AvgIpc) is 2.95. The van der Waals surface area contributed by atoms with Crippen LogP contribution in [0, 0.1) is 11.8 Å². The molecule has 1 saturated carbocycles. The van der Waals surface area contributed by atoms with Gasteiger partial charge in [-0.2, -0.15) is 4.31 Å². The lowest BCUT2D eigenvalue weighted by Gasteiger charge is -2.38. The largest absolute Gasteiger partial charge is 0.486 e. The van der Waals surface area contributed by atoms with Crippen LogP contribution in [0.4, 0.5) is 5.69 Å². The number of hydrogen-bond acceptors (Lipinski definition) is 6. The summed E-state index contributed by atoms with van der Waals surface area (Å²) in [6.07, 6.45) is 4.15. The number of nitrogens with one attached hydrogen (secondary N) is 1. The van der Waals surface area contributed by atoms with Gasteiger partial charge in [-0.1, -0.05) is 50.5 Å². The van der Waals surface area contributed by atoms with Crippen LogP contribution in [0.15, 0.2) is 53.4 Å². The van der Waals surface area contributed by atoms with E-state index in [1.54, 1.807) is 60.4 Å². The van der Waals surface area contributed by atoms with Gasteiger partial charge in [0.2, 0.25) is 15.9 Å². The van der Waals surface area contributed by atoms with Gasteiger partial charge in [0.1, 0.15) is 6.10 Å². The molecule has 1 aliphatic heterocycles. The highest BCUT2D eigenvalue weighted by Crippen LogP contribution is 2.36. The van der Waals surface area contributed by atoms with Crippen molar-refractivity contribution < 1.29 is 27.9 Å². The number of likely N-dealkylation sites (N-methyl/N-ethyl adjacent to an activating group) is 1. The molecule has 212 valence electrons. The van der Waals surface area contributed by atoms with Crippen molar-refractivity contribution in [2.75, 3.05) is 32.1 Å². The van der Waals surface area contributed by atoms with Crippen LogP contribution in [0.1, 0.15) is 56.3 Å². The minimum Gasteiger partial charge on any atom is -0.486 e. The average molecular weight is 558 g/mol. The highest BCUT2D eigenvalue weighted by molar-refractivity contribution is 7.89. The Morgan fingerprint density at radius 1 is 1.13 bits per heavy atom. The number of benzene rings is 2. The lowest BCUT2D eigenvalue weighted by atomic mass is 9.88. The van der Waals surface area contributed by atoms with Gasteiger partial charge in [-0.15, -0.1) is 0 Å². The summed E-state index contributed by atoms with van der Waals surface area (Å²) in [4.78, 5) is 28.6. The molecular formula is C29H39N3O6S. The van der Waals surface area contributed by atoms with Crippen molar-refractivity contribution in [3.8, 4) is 5.75 Å². The van der Waals surface area contributed by atoms with Crippen LogP contribution in [0.2, 0.25) is 0 Å². The fourth-order valence-corrected chi connectivity index (χ4v) is 6.49. The first kappa shape index (κ1) is 29.0. The van der Waals surface area contributed by atoms with Crippen LogP contribution in [0.5, 0.6) is 5.75 Å². The number of aliphatic hydroxyl groups excluding tert-OH is 1. The van der Waals surface area contributed by atoms with E-state index in [-0.39, 0.29) is 59.6 Å². The van der Waals surface area contributed by atoms with Gasteiger partial charge in [0.25, 0.3) is 5.91 Å². The van der Waals surface area contributed by atoms with E-state index in [9.17, 15) is 23.1 Å². The van der Waals surface area contributed by atoms with Crippen LogP contribution in [0.25, 0.3) is 0 Å². The second-order valence-corrected chi connectivity index (χ2v) is 12.8. The molecule has 0 spiro atoms. The van der Waals surface area contributed by atoms with Crippen LogP contribution >= 0.6 is 0 Å². The third kappa shape index (κ3) is 6.45. The molecule has 1 fully saturated rings. The Morgan fingerprint density at radius 3 is 2.49 bits per heavy atom. The van der Waals surface area contributed by atoms with Gasteiger partial charge < -0.3 is 20.1 Å². The van der Waals surface area contributed by atoms with E-state index in [2.05, 4.69) is 5.32 Å². The molecule has 0 bridgehead atoms. The van der Waals surface area contributed by atoms with Crippen molar-refractivity contribution >= 4 is 27.5 Å². The summed E-state index contributed by atoms with van der Waals surface area (Å²) < 4.78 is 34.3. The van der Waals surface area contributed by atoms with Crippen molar-refractivity contribution in [1.29, 1.82) is 0 Å². The molecule has 0 saturated heterocycles. The second kappa shape index (κ2) is 12.5. The van der Waals surface area contributed by atoms with Gasteiger partial charge in [-0.25, -0.2) is 8.42 Å². The summed E-state index contributed by atoms with van der Waals surface area (Å²) in [5.41, 5.74) is 0.655. The number of amides is 2. The van der Waals surface area contributed by atoms with Crippen molar-refractivity contribution in [2.45, 2.75) is 63.0 Å². The molecule has 0 unspecified atom stereocenters. The first-order chi connectivity index (χ1) is 18.6. The van der Waals surface area contributed by atoms with Gasteiger partial charge in [0.15, 0.2) is 5.75 Å². The van der Waals surface area contributed by atoms with E-state index in [4.69, 9.17) is 4.74 Å². The predicted octanol–water partition coefficient (Wildman–Crippen LogP) is 3.75. The SMILES string of the molecule is C[C@H](CO)N1C[C@H](C)[C@@H](CN(C)S(=O)(=O)c2ccccc2)Oc2c(NC(=O)C3CCCCC3)cccc2C1=O. The Kier molecular flexibility index (Phi) is 9.30. The molecule has 10 heteroatoms. The molecule has 2 aromatic carbocycles. The molecule has 0 aromatic heterocycles. The molecule has 0 radical (unpaired) electrons. The number of carbonyl (C=O) groups excluding carboxylic acids is 2. The van der Waals surface area contributed by atoms with E-state index in [0.29, 0.717) is 5.69 Å². The summed E-state index contributed by atoms with van der Waals surface area (Å²) in [5.74, 6) is -0.567. The van der Waals surface area contributed by atoms with Crippen molar-refractivity contribution in [3.05, 3.63) is 54.1 Å². The fraction of sp³-hybridized carbons (Fsp3) is 0.517. The van der Waals surface area contributed by atoms with Crippen LogP contribution in [-0.2, 0) is 14.8 Å². The third-order valence-corrected chi connectivity index (χ3v) is 9.65. The van der Waals surface area contributed by atoms with Gasteiger partial charge in [-0.05, 0) is 44.0 Å². The number of rotatable bonds is 8. The normalized spacial score (nSPS) is 21.5. The van der Waals surface area contributed by atoms with E-state index < -0.39 is 22.2 Å². The summed E-state index contributed by atoms with van der Waals surface area (Å²) in [6, 6.07) is 12.8. The van der Waals surface area contributed by atoms with Gasteiger partial charge in [-0.3, -0.25) is 9.59 Å². The van der Waals surface area contributed by atoms with Crippen molar-refractivity contribution in [2.24, 2.45) is 11.8 Å². The zero-order valence-electron chi connectivity index (χ0n) is 22.9. The first-order valence-electron chi connectivity index (χ1n) is 13.7. The van der Waals surface area contributed by atoms with Crippen molar-refractivity contribution in [1.82, 2.24) is 9.21 Å². The molecule has 2 N–H and O–H groups in total. The van der Waals surface area contributed by atoms with Crippen LogP contribution in [-0.4, -0.2) is 73.4 Å². The number of carbonyl (C=O) groups is 2. The predicted molar refractivity (Wildman–Crippen MR) is 149 cm³/mol. The van der Waals surface area contributed by atoms with Crippen molar-refractivity contribution in [3.63, 3.8) is 0 Å². The number of anilines is 1.